The first-order chi connectivity index (χ1) is 11.6. The predicted octanol–water partition coefficient (Wildman–Crippen LogP) is 1.67. The maximum Gasteiger partial charge on any atom is 0.317 e. The Bertz CT molecular complexity index is 594. The molecule has 1 aliphatic carbocycles. The van der Waals surface area contributed by atoms with E-state index in [1.54, 1.807) is 6.26 Å². The van der Waals surface area contributed by atoms with Crippen molar-refractivity contribution in [3.63, 3.8) is 0 Å². The topological polar surface area (TPSA) is 86.0 Å². The van der Waals surface area contributed by atoms with Gasteiger partial charge in [0, 0.05) is 30.6 Å². The summed E-state index contributed by atoms with van der Waals surface area (Å²) < 4.78 is 5.45. The van der Waals surface area contributed by atoms with E-state index in [1.807, 2.05) is 22.8 Å². The molecule has 7 heteroatoms. The van der Waals surface area contributed by atoms with E-state index in [0.29, 0.717) is 13.1 Å². The molecule has 2 N–H and O–H groups in total. The Hall–Kier alpha value is -2.02. The molecule has 3 rings (SSSR count). The quantitative estimate of drug-likeness (QED) is 0.855. The number of nitrogens with zero attached hydrogens (tertiary/aromatic N) is 2. The Morgan fingerprint density at radius 1 is 1.46 bits per heavy atom. The summed E-state index contributed by atoms with van der Waals surface area (Å²) >= 11 is 0. The second-order valence-corrected chi connectivity index (χ2v) is 6.62. The van der Waals surface area contributed by atoms with Gasteiger partial charge in [0.05, 0.1) is 19.4 Å². The number of carboxylic acids is 1. The number of carbonyl (C=O) groups is 2. The van der Waals surface area contributed by atoms with Gasteiger partial charge < -0.3 is 19.7 Å². The van der Waals surface area contributed by atoms with Gasteiger partial charge >= 0.3 is 12.0 Å². The molecule has 132 valence electrons. The largest absolute Gasteiger partial charge is 0.480 e. The molecule has 7 nitrogen and oxygen atoms in total. The number of fused-ring (bicyclic) bond motifs is 1. The molecule has 1 aromatic heterocycles. The number of likely N-dealkylation sites (N-methyl/N-ethyl adjacent to an activating group) is 1. The molecule has 2 amide bonds. The zero-order valence-corrected chi connectivity index (χ0v) is 14.0. The zero-order valence-electron chi connectivity index (χ0n) is 14.0. The number of hydrogen-bond donors (Lipinski definition) is 2. The van der Waals surface area contributed by atoms with Gasteiger partial charge in [-0.05, 0) is 31.9 Å². The lowest BCUT2D eigenvalue weighted by atomic mass is 9.85. The molecule has 1 aromatic rings. The Morgan fingerprint density at radius 3 is 2.96 bits per heavy atom. The Morgan fingerprint density at radius 2 is 2.25 bits per heavy atom. The number of furan rings is 1. The van der Waals surface area contributed by atoms with Gasteiger partial charge in [-0.15, -0.1) is 0 Å². The van der Waals surface area contributed by atoms with Crippen LogP contribution in [0.25, 0.3) is 0 Å². The fourth-order valence-electron chi connectivity index (χ4n) is 3.56. The Kier molecular flexibility index (Phi) is 5.08. The lowest BCUT2D eigenvalue weighted by Crippen LogP contribution is -2.56. The lowest BCUT2D eigenvalue weighted by Gasteiger charge is -2.42. The molecule has 0 aromatic carbocycles. The first kappa shape index (κ1) is 16.8. The van der Waals surface area contributed by atoms with Crippen LogP contribution in [0.2, 0.25) is 0 Å². The van der Waals surface area contributed by atoms with E-state index in [-0.39, 0.29) is 24.7 Å². The van der Waals surface area contributed by atoms with Gasteiger partial charge in [0.15, 0.2) is 0 Å². The van der Waals surface area contributed by atoms with E-state index in [2.05, 4.69) is 5.32 Å². The van der Waals surface area contributed by atoms with E-state index < -0.39 is 5.97 Å². The van der Waals surface area contributed by atoms with Crippen LogP contribution in [0.1, 0.15) is 37.5 Å². The van der Waals surface area contributed by atoms with Gasteiger partial charge in [-0.2, -0.15) is 0 Å². The third kappa shape index (κ3) is 3.72. The van der Waals surface area contributed by atoms with E-state index in [0.717, 1.165) is 43.6 Å². The highest BCUT2D eigenvalue weighted by Gasteiger charge is 2.35. The standard InChI is InChI=1S/C17H25N3O4/c1-2-19(11-16(21)22)14-8-13(9-14)18-17(23)20-6-3-4-15-12(10-20)5-7-24-15/h5,7,13-14H,2-4,6,8-11H2,1H3,(H,18,23)(H,21,22). The normalized spacial score (nSPS) is 23.3. The summed E-state index contributed by atoms with van der Waals surface area (Å²) in [5.41, 5.74) is 1.09. The summed E-state index contributed by atoms with van der Waals surface area (Å²) in [6.45, 7) is 4.07. The molecule has 0 radical (unpaired) electrons. The SMILES string of the molecule is CCN(CC(=O)O)C1CC(NC(=O)N2CCCc3occc3C2)C1. The van der Waals surface area contributed by atoms with Crippen molar-refractivity contribution in [2.24, 2.45) is 0 Å². The number of carbonyl (C=O) groups excluding carboxylic acids is 1. The molecule has 0 saturated heterocycles. The van der Waals surface area contributed by atoms with Crippen LogP contribution in [0.15, 0.2) is 16.7 Å². The Balaban J connectivity index is 1.47. The summed E-state index contributed by atoms with van der Waals surface area (Å²) in [5.74, 6) is 0.186. The van der Waals surface area contributed by atoms with Gasteiger partial charge in [-0.25, -0.2) is 4.79 Å². The second kappa shape index (κ2) is 7.25. The number of carboxylic acid groups (broad SMARTS) is 1. The highest BCUT2D eigenvalue weighted by atomic mass is 16.4. The van der Waals surface area contributed by atoms with Gasteiger partial charge in [0.25, 0.3) is 0 Å². The van der Waals surface area contributed by atoms with E-state index >= 15 is 0 Å². The van der Waals surface area contributed by atoms with E-state index in [1.165, 1.54) is 0 Å². The minimum Gasteiger partial charge on any atom is -0.480 e. The molecule has 1 saturated carbocycles. The third-order valence-electron chi connectivity index (χ3n) is 5.02. The Labute approximate surface area is 141 Å². The molecule has 24 heavy (non-hydrogen) atoms. The zero-order chi connectivity index (χ0) is 17.1. The van der Waals surface area contributed by atoms with Crippen molar-refractivity contribution in [3.05, 3.63) is 23.7 Å². The first-order valence-corrected chi connectivity index (χ1v) is 8.63. The van der Waals surface area contributed by atoms with Crippen LogP contribution in [0.4, 0.5) is 4.79 Å². The summed E-state index contributed by atoms with van der Waals surface area (Å²) in [7, 11) is 0. The van der Waals surface area contributed by atoms with Crippen LogP contribution in [-0.2, 0) is 17.8 Å². The van der Waals surface area contributed by atoms with Crippen LogP contribution in [0, 0.1) is 0 Å². The molecule has 1 fully saturated rings. The summed E-state index contributed by atoms with van der Waals surface area (Å²) in [6, 6.07) is 2.29. The van der Waals surface area contributed by atoms with Crippen molar-refractivity contribution in [1.29, 1.82) is 0 Å². The maximum atomic E-state index is 12.5. The number of aliphatic carboxylic acids is 1. The molecule has 2 aliphatic rings. The number of nitrogens with one attached hydrogen (secondary N) is 1. The number of urea groups is 1. The summed E-state index contributed by atoms with van der Waals surface area (Å²) in [4.78, 5) is 27.1. The molecule has 0 unspecified atom stereocenters. The van der Waals surface area contributed by atoms with Crippen LogP contribution >= 0.6 is 0 Å². The summed E-state index contributed by atoms with van der Waals surface area (Å²) in [5, 5.41) is 12.0. The van der Waals surface area contributed by atoms with Crippen LogP contribution in [-0.4, -0.2) is 58.6 Å². The van der Waals surface area contributed by atoms with Crippen molar-refractivity contribution in [2.45, 2.75) is 51.2 Å². The van der Waals surface area contributed by atoms with Gasteiger partial charge in [0.2, 0.25) is 0 Å². The van der Waals surface area contributed by atoms with Crippen molar-refractivity contribution < 1.29 is 19.1 Å². The number of hydrogen-bond acceptors (Lipinski definition) is 4. The maximum absolute atomic E-state index is 12.5. The predicted molar refractivity (Wildman–Crippen MR) is 87.7 cm³/mol. The number of aryl methyl sites for hydroxylation is 1. The van der Waals surface area contributed by atoms with Gasteiger partial charge in [-0.3, -0.25) is 9.69 Å². The van der Waals surface area contributed by atoms with Crippen molar-refractivity contribution in [3.8, 4) is 0 Å². The average Bonchev–Trinajstić information content (AvgIpc) is 2.85. The minimum atomic E-state index is -0.801. The monoisotopic (exact) mass is 335 g/mol. The van der Waals surface area contributed by atoms with E-state index in [4.69, 9.17) is 9.52 Å². The smallest absolute Gasteiger partial charge is 0.317 e. The average molecular weight is 335 g/mol. The molecule has 0 atom stereocenters. The lowest BCUT2D eigenvalue weighted by molar-refractivity contribution is -0.139. The van der Waals surface area contributed by atoms with Crippen LogP contribution < -0.4 is 5.32 Å². The second-order valence-electron chi connectivity index (χ2n) is 6.62. The van der Waals surface area contributed by atoms with Gasteiger partial charge in [-0.1, -0.05) is 6.92 Å². The molecular formula is C17H25N3O4. The first-order valence-electron chi connectivity index (χ1n) is 8.63. The minimum absolute atomic E-state index is 0.0335. The van der Waals surface area contributed by atoms with Crippen LogP contribution in [0.5, 0.6) is 0 Å². The molecular weight excluding hydrogens is 310 g/mol. The van der Waals surface area contributed by atoms with Crippen molar-refractivity contribution >= 4 is 12.0 Å². The molecule has 0 bridgehead atoms. The fourth-order valence-corrected chi connectivity index (χ4v) is 3.56. The van der Waals surface area contributed by atoms with Crippen molar-refractivity contribution in [2.75, 3.05) is 19.6 Å². The summed E-state index contributed by atoms with van der Waals surface area (Å²) in [6.07, 6.45) is 5.10. The van der Waals surface area contributed by atoms with Crippen molar-refractivity contribution in [1.82, 2.24) is 15.1 Å². The molecule has 2 heterocycles. The third-order valence-corrected chi connectivity index (χ3v) is 5.02. The van der Waals surface area contributed by atoms with Gasteiger partial charge in [0.1, 0.15) is 5.76 Å². The molecule has 1 aliphatic heterocycles. The van der Waals surface area contributed by atoms with Crippen LogP contribution in [0.3, 0.4) is 0 Å². The fraction of sp³-hybridized carbons (Fsp3) is 0.647. The highest BCUT2D eigenvalue weighted by molar-refractivity contribution is 5.75. The number of rotatable bonds is 5. The number of amides is 2. The highest BCUT2D eigenvalue weighted by Crippen LogP contribution is 2.26. The molecule has 0 spiro atoms. The van der Waals surface area contributed by atoms with E-state index in [9.17, 15) is 9.59 Å².